The van der Waals surface area contributed by atoms with Gasteiger partial charge in [-0.25, -0.2) is 0 Å². The smallest absolute Gasteiger partial charge is 0.0943 e. The van der Waals surface area contributed by atoms with Gasteiger partial charge in [-0.05, 0) is 51.5 Å². The Balaban J connectivity index is 2.54. The maximum Gasteiger partial charge on any atom is 0.0943 e. The van der Waals surface area contributed by atoms with Gasteiger partial charge in [-0.1, -0.05) is 44.2 Å². The lowest BCUT2D eigenvalue weighted by molar-refractivity contribution is 0.116. The molecule has 114 valence electrons. The molecular formula is C17H30N2O. The highest BCUT2D eigenvalue weighted by Crippen LogP contribution is 2.21. The van der Waals surface area contributed by atoms with E-state index in [0.29, 0.717) is 5.92 Å². The summed E-state index contributed by atoms with van der Waals surface area (Å²) in [4.78, 5) is 2.19. The van der Waals surface area contributed by atoms with E-state index in [9.17, 15) is 5.11 Å². The number of hydrogen-bond donors (Lipinski definition) is 2. The zero-order valence-electron chi connectivity index (χ0n) is 13.3. The molecule has 0 aliphatic heterocycles. The van der Waals surface area contributed by atoms with Gasteiger partial charge in [0.05, 0.1) is 6.10 Å². The number of rotatable bonds is 9. The average Bonchev–Trinajstić information content (AvgIpc) is 2.41. The molecule has 2 N–H and O–H groups in total. The summed E-state index contributed by atoms with van der Waals surface area (Å²) in [7, 11) is 4.18. The molecule has 1 aromatic rings. The number of aliphatic hydroxyl groups excluding tert-OH is 1. The number of aliphatic hydroxyl groups is 1. The van der Waals surface area contributed by atoms with Gasteiger partial charge in [0.15, 0.2) is 0 Å². The van der Waals surface area contributed by atoms with Gasteiger partial charge in [-0.2, -0.15) is 0 Å². The minimum absolute atomic E-state index is 0.125. The molecule has 1 rings (SSSR count). The van der Waals surface area contributed by atoms with Crippen LogP contribution < -0.4 is 5.32 Å². The lowest BCUT2D eigenvalue weighted by atomic mass is 9.94. The number of nitrogens with one attached hydrogen (secondary N) is 1. The van der Waals surface area contributed by atoms with E-state index < -0.39 is 6.10 Å². The summed E-state index contributed by atoms with van der Waals surface area (Å²) in [6.07, 6.45) is 1.65. The normalized spacial score (nSPS) is 14.8. The molecule has 0 amide bonds. The van der Waals surface area contributed by atoms with Crippen LogP contribution in [0.25, 0.3) is 0 Å². The zero-order chi connectivity index (χ0) is 15.0. The van der Waals surface area contributed by atoms with E-state index in [1.165, 1.54) is 0 Å². The first-order valence-electron chi connectivity index (χ1n) is 7.61. The predicted molar refractivity (Wildman–Crippen MR) is 85.8 cm³/mol. The van der Waals surface area contributed by atoms with Crippen molar-refractivity contribution in [1.29, 1.82) is 0 Å². The van der Waals surface area contributed by atoms with Crippen molar-refractivity contribution in [2.45, 2.75) is 38.8 Å². The molecule has 0 fully saturated rings. The SMILES string of the molecule is CC(C)CC(NCCCN(C)C)C(O)c1ccccc1. The Kier molecular flexibility index (Phi) is 7.82. The van der Waals surface area contributed by atoms with Crippen molar-refractivity contribution in [3.63, 3.8) is 0 Å². The van der Waals surface area contributed by atoms with Crippen molar-refractivity contribution < 1.29 is 5.11 Å². The van der Waals surface area contributed by atoms with Crippen LogP contribution in [0.15, 0.2) is 30.3 Å². The molecule has 20 heavy (non-hydrogen) atoms. The van der Waals surface area contributed by atoms with Gasteiger partial charge >= 0.3 is 0 Å². The van der Waals surface area contributed by atoms with Gasteiger partial charge in [0.25, 0.3) is 0 Å². The first-order chi connectivity index (χ1) is 9.50. The van der Waals surface area contributed by atoms with Crippen LogP contribution in [-0.2, 0) is 0 Å². The van der Waals surface area contributed by atoms with Crippen molar-refractivity contribution in [1.82, 2.24) is 10.2 Å². The molecule has 0 bridgehead atoms. The van der Waals surface area contributed by atoms with Gasteiger partial charge in [0, 0.05) is 6.04 Å². The molecule has 2 atom stereocenters. The molecule has 0 saturated carbocycles. The molecule has 3 heteroatoms. The number of nitrogens with zero attached hydrogens (tertiary/aromatic N) is 1. The predicted octanol–water partition coefficient (Wildman–Crippen LogP) is 2.68. The van der Waals surface area contributed by atoms with Crippen molar-refractivity contribution >= 4 is 0 Å². The van der Waals surface area contributed by atoms with Gasteiger partial charge in [0.2, 0.25) is 0 Å². The molecule has 2 unspecified atom stereocenters. The van der Waals surface area contributed by atoms with E-state index in [1.807, 2.05) is 30.3 Å². The van der Waals surface area contributed by atoms with Crippen molar-refractivity contribution in [2.24, 2.45) is 5.92 Å². The van der Waals surface area contributed by atoms with Crippen LogP contribution in [0.5, 0.6) is 0 Å². The summed E-state index contributed by atoms with van der Waals surface area (Å²) in [5.41, 5.74) is 0.998. The van der Waals surface area contributed by atoms with Crippen LogP contribution >= 0.6 is 0 Å². The summed E-state index contributed by atoms with van der Waals surface area (Å²) >= 11 is 0. The Morgan fingerprint density at radius 1 is 1.15 bits per heavy atom. The van der Waals surface area contributed by atoms with Crippen LogP contribution in [0.4, 0.5) is 0 Å². The second kappa shape index (κ2) is 9.11. The van der Waals surface area contributed by atoms with E-state index in [0.717, 1.165) is 31.5 Å². The van der Waals surface area contributed by atoms with E-state index in [4.69, 9.17) is 0 Å². The fraction of sp³-hybridized carbons (Fsp3) is 0.647. The molecular weight excluding hydrogens is 248 g/mol. The summed E-state index contributed by atoms with van der Waals surface area (Å²) < 4.78 is 0. The molecule has 0 spiro atoms. The molecule has 0 heterocycles. The third kappa shape index (κ3) is 6.51. The first kappa shape index (κ1) is 17.2. The number of benzene rings is 1. The van der Waals surface area contributed by atoms with Crippen molar-refractivity contribution in [3.8, 4) is 0 Å². The first-order valence-corrected chi connectivity index (χ1v) is 7.61. The van der Waals surface area contributed by atoms with Crippen LogP contribution in [0, 0.1) is 5.92 Å². The molecule has 0 radical (unpaired) electrons. The van der Waals surface area contributed by atoms with Crippen molar-refractivity contribution in [3.05, 3.63) is 35.9 Å². The molecule has 0 aliphatic carbocycles. The molecule has 0 aromatic heterocycles. The minimum Gasteiger partial charge on any atom is -0.387 e. The van der Waals surface area contributed by atoms with E-state index in [-0.39, 0.29) is 6.04 Å². The second-order valence-corrected chi connectivity index (χ2v) is 6.20. The fourth-order valence-corrected chi connectivity index (χ4v) is 2.40. The van der Waals surface area contributed by atoms with Gasteiger partial charge < -0.3 is 15.3 Å². The standard InChI is InChI=1S/C17H30N2O/c1-14(2)13-16(18-11-8-12-19(3)4)17(20)15-9-6-5-7-10-15/h5-7,9-10,14,16-18,20H,8,11-13H2,1-4H3. The lowest BCUT2D eigenvalue weighted by Crippen LogP contribution is -2.37. The van der Waals surface area contributed by atoms with E-state index in [2.05, 4.69) is 38.2 Å². The van der Waals surface area contributed by atoms with Crippen LogP contribution in [0.3, 0.4) is 0 Å². The van der Waals surface area contributed by atoms with E-state index >= 15 is 0 Å². The molecule has 1 aromatic carbocycles. The zero-order valence-corrected chi connectivity index (χ0v) is 13.3. The fourth-order valence-electron chi connectivity index (χ4n) is 2.40. The van der Waals surface area contributed by atoms with Crippen LogP contribution in [0.1, 0.15) is 38.4 Å². The Morgan fingerprint density at radius 2 is 1.80 bits per heavy atom. The quantitative estimate of drug-likeness (QED) is 0.682. The van der Waals surface area contributed by atoms with Gasteiger partial charge in [-0.3, -0.25) is 0 Å². The lowest BCUT2D eigenvalue weighted by Gasteiger charge is -2.26. The average molecular weight is 278 g/mol. The van der Waals surface area contributed by atoms with Gasteiger partial charge in [-0.15, -0.1) is 0 Å². The highest BCUT2D eigenvalue weighted by molar-refractivity contribution is 5.18. The molecule has 0 saturated heterocycles. The van der Waals surface area contributed by atoms with Crippen molar-refractivity contribution in [2.75, 3.05) is 27.2 Å². The van der Waals surface area contributed by atoms with Gasteiger partial charge in [0.1, 0.15) is 0 Å². The topological polar surface area (TPSA) is 35.5 Å². The maximum atomic E-state index is 10.6. The monoisotopic (exact) mass is 278 g/mol. The summed E-state index contributed by atoms with van der Waals surface area (Å²) in [6.45, 7) is 6.42. The molecule has 3 nitrogen and oxygen atoms in total. The highest BCUT2D eigenvalue weighted by atomic mass is 16.3. The summed E-state index contributed by atoms with van der Waals surface area (Å²) in [5, 5.41) is 14.1. The Hall–Kier alpha value is -0.900. The number of hydrogen-bond acceptors (Lipinski definition) is 3. The summed E-state index contributed by atoms with van der Waals surface area (Å²) in [6, 6.07) is 10.1. The third-order valence-corrected chi connectivity index (χ3v) is 3.44. The minimum atomic E-state index is -0.432. The second-order valence-electron chi connectivity index (χ2n) is 6.20. The Labute approximate surface area is 124 Å². The van der Waals surface area contributed by atoms with Crippen LogP contribution in [-0.4, -0.2) is 43.2 Å². The summed E-state index contributed by atoms with van der Waals surface area (Å²) in [5.74, 6) is 0.569. The Morgan fingerprint density at radius 3 is 2.35 bits per heavy atom. The highest BCUT2D eigenvalue weighted by Gasteiger charge is 2.21. The van der Waals surface area contributed by atoms with Crippen LogP contribution in [0.2, 0.25) is 0 Å². The Bertz CT molecular complexity index is 351. The largest absolute Gasteiger partial charge is 0.387 e. The maximum absolute atomic E-state index is 10.6. The van der Waals surface area contributed by atoms with E-state index in [1.54, 1.807) is 0 Å². The third-order valence-electron chi connectivity index (χ3n) is 3.44. The molecule has 0 aliphatic rings.